The molecule has 2 heterocycles. The molecule has 4 nitrogen and oxygen atoms in total. The zero-order valence-electron chi connectivity index (χ0n) is 8.56. The van der Waals surface area contributed by atoms with E-state index in [1.54, 1.807) is 4.52 Å². The lowest BCUT2D eigenvalue weighted by molar-refractivity contribution is 0.843. The molecule has 0 bridgehead atoms. The highest BCUT2D eigenvalue weighted by atomic mass is 32.2. The molecule has 0 fully saturated rings. The summed E-state index contributed by atoms with van der Waals surface area (Å²) in [6, 6.07) is 1.97. The van der Waals surface area contributed by atoms with E-state index in [1.165, 1.54) is 11.8 Å². The van der Waals surface area contributed by atoms with E-state index < -0.39 is 0 Å². The van der Waals surface area contributed by atoms with E-state index in [0.717, 1.165) is 11.4 Å². The lowest BCUT2D eigenvalue weighted by atomic mass is 10.4. The highest BCUT2D eigenvalue weighted by Crippen LogP contribution is 2.14. The van der Waals surface area contributed by atoms with Crippen LogP contribution in [0.4, 0.5) is 0 Å². The van der Waals surface area contributed by atoms with Gasteiger partial charge in [-0.1, -0.05) is 17.7 Å². The van der Waals surface area contributed by atoms with Gasteiger partial charge in [0, 0.05) is 11.4 Å². The molecule has 0 amide bonds. The Hall–Kier alpha value is -1.54. The molecule has 2 aromatic heterocycles. The largest absolute Gasteiger partial charge is 0.253 e. The summed E-state index contributed by atoms with van der Waals surface area (Å²) in [6.07, 6.45) is 5.18. The van der Waals surface area contributed by atoms with Crippen LogP contribution in [-0.2, 0) is 0 Å². The van der Waals surface area contributed by atoms with E-state index in [4.69, 9.17) is 6.42 Å². The van der Waals surface area contributed by atoms with E-state index in [1.807, 2.05) is 19.9 Å². The van der Waals surface area contributed by atoms with Gasteiger partial charge in [0.05, 0.1) is 5.75 Å². The molecule has 0 radical (unpaired) electrons. The third-order valence-electron chi connectivity index (χ3n) is 1.88. The summed E-state index contributed by atoms with van der Waals surface area (Å²) in [5.41, 5.74) is 1.97. The second kappa shape index (κ2) is 3.91. The molecule has 0 aliphatic heterocycles. The maximum absolute atomic E-state index is 5.18. The average Bonchev–Trinajstić information content (AvgIpc) is 2.57. The number of nitrogens with zero attached hydrogens (tertiary/aromatic N) is 4. The molecule has 0 aliphatic carbocycles. The minimum Gasteiger partial charge on any atom is -0.216 e. The molecule has 0 aliphatic rings. The van der Waals surface area contributed by atoms with Crippen LogP contribution < -0.4 is 0 Å². The van der Waals surface area contributed by atoms with Gasteiger partial charge in [-0.3, -0.25) is 0 Å². The van der Waals surface area contributed by atoms with Crippen LogP contribution in [0.25, 0.3) is 5.78 Å². The molecule has 0 spiro atoms. The van der Waals surface area contributed by atoms with Crippen LogP contribution in [-0.4, -0.2) is 25.3 Å². The number of thioether (sulfide) groups is 1. The molecule has 2 aromatic rings. The molecular formula is C10H10N4S. The summed E-state index contributed by atoms with van der Waals surface area (Å²) >= 11 is 1.44. The van der Waals surface area contributed by atoms with Gasteiger partial charge >= 0.3 is 0 Å². The van der Waals surface area contributed by atoms with E-state index in [-0.39, 0.29) is 0 Å². The van der Waals surface area contributed by atoms with E-state index >= 15 is 0 Å². The predicted molar refractivity (Wildman–Crippen MR) is 59.8 cm³/mol. The normalized spacial score (nSPS) is 10.5. The highest BCUT2D eigenvalue weighted by molar-refractivity contribution is 7.99. The Morgan fingerprint density at radius 2 is 2.27 bits per heavy atom. The van der Waals surface area contributed by atoms with Crippen molar-refractivity contribution < 1.29 is 0 Å². The Labute approximate surface area is 92.1 Å². The standard InChI is InChI=1S/C10H10N4S/c1-4-5-15-10-12-9-11-7(2)6-8(3)14(9)13-10/h1,6H,5H2,2-3H3. The molecule has 15 heavy (non-hydrogen) atoms. The number of aryl methyl sites for hydroxylation is 2. The number of terminal acetylenes is 1. The fourth-order valence-electron chi connectivity index (χ4n) is 1.32. The van der Waals surface area contributed by atoms with Crippen molar-refractivity contribution in [1.29, 1.82) is 0 Å². The van der Waals surface area contributed by atoms with E-state index in [2.05, 4.69) is 21.0 Å². The summed E-state index contributed by atoms with van der Waals surface area (Å²) in [6.45, 7) is 3.92. The smallest absolute Gasteiger partial charge is 0.216 e. The molecular weight excluding hydrogens is 208 g/mol. The van der Waals surface area contributed by atoms with Gasteiger partial charge in [-0.25, -0.2) is 9.50 Å². The fraction of sp³-hybridized carbons (Fsp3) is 0.300. The van der Waals surface area contributed by atoms with Crippen molar-refractivity contribution in [1.82, 2.24) is 19.6 Å². The Bertz CT molecular complexity index is 538. The molecule has 0 atom stereocenters. The predicted octanol–water partition coefficient (Wildman–Crippen LogP) is 1.47. The van der Waals surface area contributed by atoms with Gasteiger partial charge < -0.3 is 0 Å². The monoisotopic (exact) mass is 218 g/mol. The van der Waals surface area contributed by atoms with E-state index in [0.29, 0.717) is 16.7 Å². The molecule has 2 rings (SSSR count). The van der Waals surface area contributed by atoms with Gasteiger partial charge in [0.15, 0.2) is 0 Å². The number of hydrogen-bond acceptors (Lipinski definition) is 4. The number of aromatic nitrogens is 4. The molecule has 76 valence electrons. The third-order valence-corrected chi connectivity index (χ3v) is 2.63. The maximum Gasteiger partial charge on any atom is 0.253 e. The quantitative estimate of drug-likeness (QED) is 0.565. The molecule has 5 heteroatoms. The molecule has 0 saturated heterocycles. The maximum atomic E-state index is 5.18. The van der Waals surface area contributed by atoms with E-state index in [9.17, 15) is 0 Å². The van der Waals surface area contributed by atoms with Crippen molar-refractivity contribution in [2.45, 2.75) is 19.0 Å². The Morgan fingerprint density at radius 3 is 3.00 bits per heavy atom. The van der Waals surface area contributed by atoms with Gasteiger partial charge in [-0.05, 0) is 19.9 Å². The Morgan fingerprint density at radius 1 is 1.47 bits per heavy atom. The van der Waals surface area contributed by atoms with Crippen LogP contribution in [0.5, 0.6) is 0 Å². The van der Waals surface area contributed by atoms with Gasteiger partial charge in [-0.15, -0.1) is 11.5 Å². The minimum atomic E-state index is 0.578. The van der Waals surface area contributed by atoms with Gasteiger partial charge in [0.2, 0.25) is 5.16 Å². The molecule has 0 unspecified atom stereocenters. The average molecular weight is 218 g/mol. The van der Waals surface area contributed by atoms with Crippen LogP contribution in [0.3, 0.4) is 0 Å². The Balaban J connectivity index is 2.47. The highest BCUT2D eigenvalue weighted by Gasteiger charge is 2.06. The lowest BCUT2D eigenvalue weighted by Gasteiger charge is -1.97. The first-order valence-corrected chi connectivity index (χ1v) is 5.46. The summed E-state index contributed by atoms with van der Waals surface area (Å²) in [7, 11) is 0. The topological polar surface area (TPSA) is 43.1 Å². The first-order valence-electron chi connectivity index (χ1n) is 4.48. The summed E-state index contributed by atoms with van der Waals surface area (Å²) < 4.78 is 1.73. The zero-order valence-corrected chi connectivity index (χ0v) is 9.38. The number of rotatable bonds is 2. The SMILES string of the molecule is C#CCSc1nc2nc(C)cc(C)n2n1. The van der Waals surface area contributed by atoms with Crippen molar-refractivity contribution in [3.8, 4) is 12.3 Å². The van der Waals surface area contributed by atoms with Crippen LogP contribution >= 0.6 is 11.8 Å². The Kier molecular flexibility index (Phi) is 2.60. The third kappa shape index (κ3) is 1.95. The summed E-state index contributed by atoms with van der Waals surface area (Å²) in [5, 5.41) is 4.98. The van der Waals surface area contributed by atoms with Crippen molar-refractivity contribution in [3.05, 3.63) is 17.5 Å². The van der Waals surface area contributed by atoms with Crippen LogP contribution in [0, 0.1) is 26.2 Å². The second-order valence-corrected chi connectivity index (χ2v) is 4.08. The summed E-state index contributed by atoms with van der Waals surface area (Å²) in [5.74, 6) is 3.75. The molecule has 0 aromatic carbocycles. The minimum absolute atomic E-state index is 0.578. The van der Waals surface area contributed by atoms with Crippen LogP contribution in [0.1, 0.15) is 11.4 Å². The van der Waals surface area contributed by atoms with Crippen molar-refractivity contribution in [3.63, 3.8) is 0 Å². The van der Waals surface area contributed by atoms with Crippen molar-refractivity contribution in [2.24, 2.45) is 0 Å². The second-order valence-electron chi connectivity index (χ2n) is 3.14. The zero-order chi connectivity index (χ0) is 10.8. The first-order chi connectivity index (χ1) is 7.20. The lowest BCUT2D eigenvalue weighted by Crippen LogP contribution is -1.97. The molecule has 0 N–H and O–H groups in total. The summed E-state index contributed by atoms with van der Waals surface area (Å²) in [4.78, 5) is 8.57. The van der Waals surface area contributed by atoms with Crippen molar-refractivity contribution >= 4 is 17.5 Å². The van der Waals surface area contributed by atoms with Gasteiger partial charge in [0.1, 0.15) is 0 Å². The van der Waals surface area contributed by atoms with Crippen LogP contribution in [0.15, 0.2) is 11.2 Å². The first kappa shape index (κ1) is 9.99. The van der Waals surface area contributed by atoms with Gasteiger partial charge in [-0.2, -0.15) is 4.98 Å². The van der Waals surface area contributed by atoms with Gasteiger partial charge in [0.25, 0.3) is 5.78 Å². The van der Waals surface area contributed by atoms with Crippen molar-refractivity contribution in [2.75, 3.05) is 5.75 Å². The fourth-order valence-corrected chi connectivity index (χ4v) is 1.81. The van der Waals surface area contributed by atoms with Crippen LogP contribution in [0.2, 0.25) is 0 Å². The molecule has 0 saturated carbocycles. The number of hydrogen-bond donors (Lipinski definition) is 0. The number of fused-ring (bicyclic) bond motifs is 1.